The predicted octanol–water partition coefficient (Wildman–Crippen LogP) is 1.95. The van der Waals surface area contributed by atoms with Crippen molar-refractivity contribution in [3.05, 3.63) is 53.8 Å². The van der Waals surface area contributed by atoms with Crippen LogP contribution in [0, 0.1) is 5.82 Å². The Kier molecular flexibility index (Phi) is 5.10. The highest BCUT2D eigenvalue weighted by Crippen LogP contribution is 2.34. The van der Waals surface area contributed by atoms with Crippen LogP contribution in [0.3, 0.4) is 0 Å². The van der Waals surface area contributed by atoms with E-state index in [1.165, 1.54) is 24.3 Å². The van der Waals surface area contributed by atoms with E-state index in [0.717, 1.165) is 10.6 Å². The smallest absolute Gasteiger partial charge is 0.239 e. The highest BCUT2D eigenvalue weighted by molar-refractivity contribution is 7.88. The summed E-state index contributed by atoms with van der Waals surface area (Å²) in [6.07, 6.45) is 1.02. The lowest BCUT2D eigenvalue weighted by molar-refractivity contribution is -0.116. The molecule has 0 saturated carbocycles. The molecular weight excluding hydrogens is 363 g/mol. The van der Waals surface area contributed by atoms with Gasteiger partial charge >= 0.3 is 0 Å². The molecule has 0 unspecified atom stereocenters. The molecule has 0 bridgehead atoms. The third kappa shape index (κ3) is 4.50. The zero-order valence-corrected chi connectivity index (χ0v) is 14.8. The van der Waals surface area contributed by atoms with E-state index >= 15 is 0 Å². The van der Waals surface area contributed by atoms with Crippen molar-refractivity contribution in [1.29, 1.82) is 0 Å². The molecule has 26 heavy (non-hydrogen) atoms. The maximum Gasteiger partial charge on any atom is 0.239 e. The molecule has 0 radical (unpaired) electrons. The van der Waals surface area contributed by atoms with Crippen LogP contribution in [-0.2, 0) is 21.4 Å². The number of carbonyl (C=O) groups excluding carboxylic acids is 1. The number of nitrogens with zero attached hydrogens (tertiary/aromatic N) is 1. The first-order valence-electron chi connectivity index (χ1n) is 7.70. The minimum Gasteiger partial charge on any atom is -0.454 e. The molecule has 0 atom stereocenters. The molecule has 1 heterocycles. The molecule has 9 heteroatoms. The number of nitrogens with one attached hydrogen (secondary N) is 1. The van der Waals surface area contributed by atoms with Crippen LogP contribution in [0.1, 0.15) is 5.56 Å². The van der Waals surface area contributed by atoms with Crippen LogP contribution in [-0.4, -0.2) is 38.2 Å². The van der Waals surface area contributed by atoms with Crippen LogP contribution < -0.4 is 14.8 Å². The van der Waals surface area contributed by atoms with Crippen molar-refractivity contribution in [3.8, 4) is 11.5 Å². The molecule has 2 aromatic carbocycles. The van der Waals surface area contributed by atoms with Gasteiger partial charge in [0.1, 0.15) is 5.82 Å². The minimum atomic E-state index is -3.64. The summed E-state index contributed by atoms with van der Waals surface area (Å²) in [4.78, 5) is 12.3. The molecule has 0 spiro atoms. The van der Waals surface area contributed by atoms with Gasteiger partial charge in [0, 0.05) is 18.3 Å². The zero-order chi connectivity index (χ0) is 18.7. The lowest BCUT2D eigenvalue weighted by Gasteiger charge is -2.19. The van der Waals surface area contributed by atoms with Gasteiger partial charge in [0.15, 0.2) is 11.5 Å². The van der Waals surface area contributed by atoms with E-state index in [1.54, 1.807) is 18.2 Å². The number of halogens is 1. The maximum absolute atomic E-state index is 13.0. The van der Waals surface area contributed by atoms with Crippen molar-refractivity contribution in [3.63, 3.8) is 0 Å². The minimum absolute atomic E-state index is 0.0341. The Bertz CT molecular complexity index is 915. The van der Waals surface area contributed by atoms with Crippen LogP contribution >= 0.6 is 0 Å². The van der Waals surface area contributed by atoms with Gasteiger partial charge in [0.2, 0.25) is 22.7 Å². The number of anilines is 1. The van der Waals surface area contributed by atoms with Crippen molar-refractivity contribution in [1.82, 2.24) is 4.31 Å². The third-order valence-corrected chi connectivity index (χ3v) is 4.91. The lowest BCUT2D eigenvalue weighted by atomic mass is 10.2. The molecule has 1 aliphatic rings. The summed E-state index contributed by atoms with van der Waals surface area (Å²) in [7, 11) is -3.64. The van der Waals surface area contributed by atoms with Crippen LogP contribution in [0.15, 0.2) is 42.5 Å². The molecule has 1 aliphatic heterocycles. The summed E-state index contributed by atoms with van der Waals surface area (Å²) in [5.74, 6) is 0.169. The molecule has 0 aromatic heterocycles. The van der Waals surface area contributed by atoms with Gasteiger partial charge in [-0.05, 0) is 29.8 Å². The molecule has 2 aromatic rings. The Hall–Kier alpha value is -2.65. The highest BCUT2D eigenvalue weighted by Gasteiger charge is 2.21. The number of hydrogen-bond acceptors (Lipinski definition) is 5. The van der Waals surface area contributed by atoms with Gasteiger partial charge in [-0.2, -0.15) is 4.31 Å². The molecule has 3 rings (SSSR count). The fraction of sp³-hybridized carbons (Fsp3) is 0.235. The van der Waals surface area contributed by atoms with Gasteiger partial charge in [-0.15, -0.1) is 0 Å². The van der Waals surface area contributed by atoms with Gasteiger partial charge in [-0.25, -0.2) is 12.8 Å². The average Bonchev–Trinajstić information content (AvgIpc) is 3.03. The SMILES string of the molecule is CS(=O)(=O)N(CC(=O)Nc1ccc2c(c1)OCO2)Cc1ccc(F)cc1. The Labute approximate surface area is 150 Å². The fourth-order valence-electron chi connectivity index (χ4n) is 2.42. The van der Waals surface area contributed by atoms with E-state index in [0.29, 0.717) is 22.7 Å². The van der Waals surface area contributed by atoms with Crippen molar-refractivity contribution < 1.29 is 27.1 Å². The number of amides is 1. The number of sulfonamides is 1. The Morgan fingerprint density at radius 1 is 1.15 bits per heavy atom. The second-order valence-electron chi connectivity index (χ2n) is 5.77. The van der Waals surface area contributed by atoms with Gasteiger partial charge in [0.05, 0.1) is 12.8 Å². The van der Waals surface area contributed by atoms with Crippen molar-refractivity contribution in [2.24, 2.45) is 0 Å². The number of rotatable bonds is 6. The van der Waals surface area contributed by atoms with Crippen molar-refractivity contribution in [2.75, 3.05) is 24.9 Å². The molecule has 138 valence electrons. The zero-order valence-electron chi connectivity index (χ0n) is 13.9. The Morgan fingerprint density at radius 3 is 2.54 bits per heavy atom. The maximum atomic E-state index is 13.0. The molecular formula is C17H17FN2O5S. The lowest BCUT2D eigenvalue weighted by Crippen LogP contribution is -2.36. The van der Waals surface area contributed by atoms with E-state index in [-0.39, 0.29) is 19.9 Å². The second kappa shape index (κ2) is 7.30. The van der Waals surface area contributed by atoms with E-state index in [4.69, 9.17) is 9.47 Å². The highest BCUT2D eigenvalue weighted by atomic mass is 32.2. The first-order chi connectivity index (χ1) is 12.3. The van der Waals surface area contributed by atoms with Crippen molar-refractivity contribution in [2.45, 2.75) is 6.54 Å². The quantitative estimate of drug-likeness (QED) is 0.828. The van der Waals surface area contributed by atoms with Crippen LogP contribution in [0.4, 0.5) is 10.1 Å². The molecule has 0 aliphatic carbocycles. The number of benzene rings is 2. The van der Waals surface area contributed by atoms with E-state index in [9.17, 15) is 17.6 Å². The van der Waals surface area contributed by atoms with Gasteiger partial charge in [-0.1, -0.05) is 12.1 Å². The van der Waals surface area contributed by atoms with Crippen LogP contribution in [0.2, 0.25) is 0 Å². The first kappa shape index (κ1) is 18.2. The van der Waals surface area contributed by atoms with Gasteiger partial charge in [0.25, 0.3) is 0 Å². The summed E-state index contributed by atoms with van der Waals surface area (Å²) in [6, 6.07) is 10.3. The van der Waals surface area contributed by atoms with Gasteiger partial charge < -0.3 is 14.8 Å². The summed E-state index contributed by atoms with van der Waals surface area (Å²) in [5.41, 5.74) is 1.04. The molecule has 1 amide bonds. The standard InChI is InChI=1S/C17H17FN2O5S/c1-26(22,23)20(9-12-2-4-13(18)5-3-12)10-17(21)19-14-6-7-15-16(8-14)25-11-24-15/h2-8H,9-11H2,1H3,(H,19,21). The number of fused-ring (bicyclic) bond motifs is 1. The first-order valence-corrected chi connectivity index (χ1v) is 9.55. The van der Waals surface area contributed by atoms with E-state index < -0.39 is 21.7 Å². The monoisotopic (exact) mass is 380 g/mol. The van der Waals surface area contributed by atoms with E-state index in [1.807, 2.05) is 0 Å². The molecule has 1 N–H and O–H groups in total. The summed E-state index contributed by atoms with van der Waals surface area (Å²) in [6.45, 7) is -0.287. The molecule has 7 nitrogen and oxygen atoms in total. The molecule has 0 saturated heterocycles. The summed E-state index contributed by atoms with van der Waals surface area (Å²) < 4.78 is 48.4. The number of ether oxygens (including phenoxy) is 2. The third-order valence-electron chi connectivity index (χ3n) is 3.72. The van der Waals surface area contributed by atoms with Gasteiger partial charge in [-0.3, -0.25) is 4.79 Å². The summed E-state index contributed by atoms with van der Waals surface area (Å²) >= 11 is 0. The predicted molar refractivity (Wildman–Crippen MR) is 92.8 cm³/mol. The molecule has 0 fully saturated rings. The average molecular weight is 380 g/mol. The Morgan fingerprint density at radius 2 is 1.85 bits per heavy atom. The van der Waals surface area contributed by atoms with Crippen LogP contribution in [0.5, 0.6) is 11.5 Å². The Balaban J connectivity index is 1.68. The summed E-state index contributed by atoms with van der Waals surface area (Å²) in [5, 5.41) is 2.63. The largest absolute Gasteiger partial charge is 0.454 e. The fourth-order valence-corrected chi connectivity index (χ4v) is 3.15. The van der Waals surface area contributed by atoms with Crippen molar-refractivity contribution >= 4 is 21.6 Å². The van der Waals surface area contributed by atoms with Crippen LogP contribution in [0.25, 0.3) is 0 Å². The topological polar surface area (TPSA) is 84.9 Å². The second-order valence-corrected chi connectivity index (χ2v) is 7.76. The number of hydrogen-bond donors (Lipinski definition) is 1. The normalized spacial score (nSPS) is 13.0. The number of carbonyl (C=O) groups is 1. The van der Waals surface area contributed by atoms with E-state index in [2.05, 4.69) is 5.32 Å².